The molecule has 0 saturated heterocycles. The van der Waals surface area contributed by atoms with Gasteiger partial charge < -0.3 is 4.90 Å². The summed E-state index contributed by atoms with van der Waals surface area (Å²) in [5.41, 5.74) is -0.794. The van der Waals surface area contributed by atoms with E-state index in [9.17, 15) is 26.7 Å². The number of halogens is 7. The number of amides is 1. The van der Waals surface area contributed by atoms with E-state index in [2.05, 4.69) is 15.9 Å². The van der Waals surface area contributed by atoms with Crippen LogP contribution in [-0.4, -0.2) is 35.4 Å². The van der Waals surface area contributed by atoms with E-state index in [1.807, 2.05) is 0 Å². The Kier molecular flexibility index (Phi) is 5.76. The van der Waals surface area contributed by atoms with Crippen LogP contribution in [0, 0.1) is 11.6 Å². The number of carbonyl (C=O) groups is 1. The van der Waals surface area contributed by atoms with Gasteiger partial charge in [0.15, 0.2) is 0 Å². The first-order chi connectivity index (χ1) is 9.15. The van der Waals surface area contributed by atoms with Crippen molar-refractivity contribution < 1.29 is 26.7 Å². The minimum Gasteiger partial charge on any atom is -0.329 e. The minimum atomic E-state index is -4.64. The van der Waals surface area contributed by atoms with Crippen molar-refractivity contribution in [2.24, 2.45) is 0 Å². The molecule has 1 rings (SSSR count). The SMILES string of the molecule is O=C(c1cc(F)c(Cl)cc1F)N(CCBr)CC(F)(F)F. The summed E-state index contributed by atoms with van der Waals surface area (Å²) in [6.07, 6.45) is -4.64. The molecule has 0 heterocycles. The van der Waals surface area contributed by atoms with E-state index in [-0.39, 0.29) is 11.9 Å². The Hall–Kier alpha value is -0.890. The number of carbonyl (C=O) groups excluding carboxylic acids is 1. The lowest BCUT2D eigenvalue weighted by Crippen LogP contribution is -2.40. The van der Waals surface area contributed by atoms with Crippen molar-refractivity contribution >= 4 is 33.4 Å². The number of benzene rings is 1. The number of nitrogens with zero attached hydrogens (tertiary/aromatic N) is 1. The van der Waals surface area contributed by atoms with Gasteiger partial charge in [-0.05, 0) is 12.1 Å². The highest BCUT2D eigenvalue weighted by Crippen LogP contribution is 2.23. The third kappa shape index (κ3) is 4.59. The molecule has 0 unspecified atom stereocenters. The van der Waals surface area contributed by atoms with Crippen LogP contribution in [0.25, 0.3) is 0 Å². The minimum absolute atomic E-state index is 0.0620. The van der Waals surface area contributed by atoms with Crippen LogP contribution in [0.2, 0.25) is 5.02 Å². The summed E-state index contributed by atoms with van der Waals surface area (Å²) in [5, 5.41) is -0.492. The van der Waals surface area contributed by atoms with E-state index in [0.29, 0.717) is 17.0 Å². The Balaban J connectivity index is 3.09. The average Bonchev–Trinajstić information content (AvgIpc) is 2.31. The molecule has 1 amide bonds. The largest absolute Gasteiger partial charge is 0.406 e. The number of hydrogen-bond donors (Lipinski definition) is 0. The van der Waals surface area contributed by atoms with Crippen LogP contribution in [0.3, 0.4) is 0 Å². The summed E-state index contributed by atoms with van der Waals surface area (Å²) in [6, 6.07) is 1.03. The summed E-state index contributed by atoms with van der Waals surface area (Å²) in [4.78, 5) is 12.2. The molecule has 0 aliphatic heterocycles. The van der Waals surface area contributed by atoms with Crippen molar-refractivity contribution in [3.05, 3.63) is 34.4 Å². The van der Waals surface area contributed by atoms with Crippen LogP contribution in [0.5, 0.6) is 0 Å². The van der Waals surface area contributed by atoms with Gasteiger partial charge in [-0.2, -0.15) is 13.2 Å². The molecular weight excluding hydrogens is 372 g/mol. The Bertz CT molecular complexity index is 508. The Morgan fingerprint density at radius 3 is 2.35 bits per heavy atom. The zero-order valence-electron chi connectivity index (χ0n) is 9.78. The highest BCUT2D eigenvalue weighted by atomic mass is 79.9. The monoisotopic (exact) mass is 379 g/mol. The van der Waals surface area contributed by atoms with Crippen LogP contribution in [-0.2, 0) is 0 Å². The zero-order chi connectivity index (χ0) is 15.5. The van der Waals surface area contributed by atoms with Crippen molar-refractivity contribution in [3.63, 3.8) is 0 Å². The molecule has 0 aliphatic carbocycles. The molecule has 0 atom stereocenters. The lowest BCUT2D eigenvalue weighted by atomic mass is 10.1. The first-order valence-electron chi connectivity index (χ1n) is 5.22. The van der Waals surface area contributed by atoms with Gasteiger partial charge in [0.2, 0.25) is 0 Å². The van der Waals surface area contributed by atoms with Gasteiger partial charge in [-0.3, -0.25) is 4.79 Å². The van der Waals surface area contributed by atoms with Crippen molar-refractivity contribution in [1.29, 1.82) is 0 Å². The van der Waals surface area contributed by atoms with Crippen molar-refractivity contribution in [2.75, 3.05) is 18.4 Å². The molecule has 0 radical (unpaired) electrons. The van der Waals surface area contributed by atoms with Crippen LogP contribution >= 0.6 is 27.5 Å². The van der Waals surface area contributed by atoms with Crippen molar-refractivity contribution in [2.45, 2.75) is 6.18 Å². The van der Waals surface area contributed by atoms with E-state index in [1.165, 1.54) is 0 Å². The summed E-state index contributed by atoms with van der Waals surface area (Å²) in [5.74, 6) is -3.51. The molecule has 2 nitrogen and oxygen atoms in total. The molecule has 0 bridgehead atoms. The van der Waals surface area contributed by atoms with E-state index in [4.69, 9.17) is 11.6 Å². The molecule has 0 fully saturated rings. The van der Waals surface area contributed by atoms with Gasteiger partial charge in [-0.25, -0.2) is 8.78 Å². The summed E-state index contributed by atoms with van der Waals surface area (Å²) in [7, 11) is 0. The highest BCUT2D eigenvalue weighted by Gasteiger charge is 2.34. The first-order valence-corrected chi connectivity index (χ1v) is 6.72. The summed E-state index contributed by atoms with van der Waals surface area (Å²) in [6.45, 7) is -1.86. The molecule has 0 N–H and O–H groups in total. The second kappa shape index (κ2) is 6.71. The molecule has 0 aliphatic rings. The van der Waals surface area contributed by atoms with Crippen LogP contribution < -0.4 is 0 Å². The maximum absolute atomic E-state index is 13.5. The third-order valence-electron chi connectivity index (χ3n) is 2.25. The third-order valence-corrected chi connectivity index (χ3v) is 2.90. The molecule has 0 aromatic heterocycles. The number of rotatable bonds is 4. The fraction of sp³-hybridized carbons (Fsp3) is 0.364. The second-order valence-corrected chi connectivity index (χ2v) is 4.98. The predicted molar refractivity (Wildman–Crippen MR) is 67.1 cm³/mol. The van der Waals surface area contributed by atoms with Crippen LogP contribution in [0.4, 0.5) is 22.0 Å². The van der Waals surface area contributed by atoms with E-state index in [1.54, 1.807) is 0 Å². The molecule has 0 saturated carbocycles. The Morgan fingerprint density at radius 2 is 1.85 bits per heavy atom. The molecule has 112 valence electrons. The van der Waals surface area contributed by atoms with Crippen molar-refractivity contribution in [3.8, 4) is 0 Å². The van der Waals surface area contributed by atoms with Gasteiger partial charge in [-0.1, -0.05) is 27.5 Å². The average molecular weight is 381 g/mol. The molecule has 20 heavy (non-hydrogen) atoms. The van der Waals surface area contributed by atoms with Gasteiger partial charge in [0.1, 0.15) is 18.2 Å². The van der Waals surface area contributed by atoms with Gasteiger partial charge in [0, 0.05) is 11.9 Å². The van der Waals surface area contributed by atoms with E-state index >= 15 is 0 Å². The molecular formula is C11H8BrClF5NO. The van der Waals surface area contributed by atoms with E-state index < -0.39 is 40.8 Å². The molecule has 1 aromatic rings. The predicted octanol–water partition coefficient (Wildman–Crippen LogP) is 4.02. The fourth-order valence-corrected chi connectivity index (χ4v) is 2.01. The quantitative estimate of drug-likeness (QED) is 0.439. The molecule has 9 heteroatoms. The lowest BCUT2D eigenvalue weighted by molar-refractivity contribution is -0.140. The maximum Gasteiger partial charge on any atom is 0.406 e. The number of hydrogen-bond acceptors (Lipinski definition) is 1. The fourth-order valence-electron chi connectivity index (χ4n) is 1.43. The summed E-state index contributed by atoms with van der Waals surface area (Å²) < 4.78 is 63.8. The molecule has 0 spiro atoms. The topological polar surface area (TPSA) is 20.3 Å². The Labute approximate surface area is 124 Å². The van der Waals surface area contributed by atoms with Gasteiger partial charge >= 0.3 is 6.18 Å². The summed E-state index contributed by atoms with van der Waals surface area (Å²) >= 11 is 8.20. The smallest absolute Gasteiger partial charge is 0.329 e. The maximum atomic E-state index is 13.5. The van der Waals surface area contributed by atoms with Gasteiger partial charge in [0.05, 0.1) is 10.6 Å². The van der Waals surface area contributed by atoms with Gasteiger partial charge in [-0.15, -0.1) is 0 Å². The highest BCUT2D eigenvalue weighted by molar-refractivity contribution is 9.09. The standard InChI is InChI=1S/C11H8BrClF5NO/c12-1-2-19(5-11(16,17)18)10(20)6-3-9(15)7(13)4-8(6)14/h3-4H,1-2,5H2. The molecule has 1 aromatic carbocycles. The number of alkyl halides is 4. The lowest BCUT2D eigenvalue weighted by Gasteiger charge is -2.23. The first kappa shape index (κ1) is 17.2. The van der Waals surface area contributed by atoms with Crippen molar-refractivity contribution in [1.82, 2.24) is 4.90 Å². The van der Waals surface area contributed by atoms with Crippen LogP contribution in [0.15, 0.2) is 12.1 Å². The zero-order valence-corrected chi connectivity index (χ0v) is 12.1. The van der Waals surface area contributed by atoms with Crippen LogP contribution in [0.1, 0.15) is 10.4 Å². The van der Waals surface area contributed by atoms with E-state index in [0.717, 1.165) is 0 Å². The second-order valence-electron chi connectivity index (χ2n) is 3.78. The Morgan fingerprint density at radius 1 is 1.25 bits per heavy atom. The van der Waals surface area contributed by atoms with Gasteiger partial charge in [0.25, 0.3) is 5.91 Å². The normalized spacial score (nSPS) is 11.6.